The van der Waals surface area contributed by atoms with Crippen molar-refractivity contribution < 1.29 is 0 Å². The average molecular weight is 386 g/mol. The molecular weight excluding hydrogens is 376 g/mol. The number of hydrogen-bond acceptors (Lipinski definition) is 0. The highest BCUT2D eigenvalue weighted by atomic mass is 79.9. The summed E-state index contributed by atoms with van der Waals surface area (Å²) in [5.74, 6) is 2.75. The fourth-order valence-corrected chi connectivity index (χ4v) is 3.01. The number of fused-ring (bicyclic) bond motifs is 1. The van der Waals surface area contributed by atoms with E-state index < -0.39 is 0 Å². The summed E-state index contributed by atoms with van der Waals surface area (Å²) < 4.78 is 2.11. The highest BCUT2D eigenvalue weighted by molar-refractivity contribution is 9.10. The standard InChI is InChI=1S/C18H10Br2/c1-2-12-5-7-17(20)11-18(12)14-4-3-13-6-8-16(19)10-15(13)9-14/h1,3-11H. The Morgan fingerprint density at radius 3 is 2.25 bits per heavy atom. The first-order chi connectivity index (χ1) is 9.67. The van der Waals surface area contributed by atoms with E-state index in [1.165, 1.54) is 10.8 Å². The molecule has 96 valence electrons. The summed E-state index contributed by atoms with van der Waals surface area (Å²) in [6.07, 6.45) is 5.60. The molecule has 0 aliphatic carbocycles. The fourth-order valence-electron chi connectivity index (χ4n) is 2.27. The zero-order valence-corrected chi connectivity index (χ0v) is 13.7. The highest BCUT2D eigenvalue weighted by Crippen LogP contribution is 2.30. The minimum absolute atomic E-state index is 0.905. The third kappa shape index (κ3) is 2.52. The third-order valence-electron chi connectivity index (χ3n) is 3.25. The Kier molecular flexibility index (Phi) is 3.65. The molecule has 3 aromatic carbocycles. The second kappa shape index (κ2) is 5.44. The molecule has 0 nitrogen and oxygen atoms in total. The Bertz CT molecular complexity index is 842. The van der Waals surface area contributed by atoms with E-state index in [2.05, 4.69) is 74.2 Å². The normalized spacial score (nSPS) is 10.4. The van der Waals surface area contributed by atoms with Crippen molar-refractivity contribution in [3.8, 4) is 23.5 Å². The molecule has 0 atom stereocenters. The fraction of sp³-hybridized carbons (Fsp3) is 0. The van der Waals surface area contributed by atoms with Gasteiger partial charge in [-0.25, -0.2) is 0 Å². The number of halogens is 2. The van der Waals surface area contributed by atoms with Gasteiger partial charge in [0.2, 0.25) is 0 Å². The van der Waals surface area contributed by atoms with Crippen LogP contribution in [-0.4, -0.2) is 0 Å². The van der Waals surface area contributed by atoms with Crippen LogP contribution in [0.5, 0.6) is 0 Å². The minimum Gasteiger partial charge on any atom is -0.115 e. The molecule has 3 rings (SSSR count). The Morgan fingerprint density at radius 2 is 1.45 bits per heavy atom. The molecule has 0 radical (unpaired) electrons. The predicted molar refractivity (Wildman–Crippen MR) is 92.7 cm³/mol. The van der Waals surface area contributed by atoms with Gasteiger partial charge in [0.1, 0.15) is 0 Å². The predicted octanol–water partition coefficient (Wildman–Crippen LogP) is 6.01. The molecule has 0 bridgehead atoms. The number of benzene rings is 3. The summed E-state index contributed by atoms with van der Waals surface area (Å²) in [6, 6.07) is 18.7. The molecule has 0 aliphatic rings. The lowest BCUT2D eigenvalue weighted by molar-refractivity contribution is 1.57. The lowest BCUT2D eigenvalue weighted by Crippen LogP contribution is -1.85. The van der Waals surface area contributed by atoms with Gasteiger partial charge in [0.15, 0.2) is 0 Å². The molecule has 0 amide bonds. The molecule has 0 aliphatic heterocycles. The molecule has 0 heterocycles. The second-order valence-corrected chi connectivity index (χ2v) is 6.37. The van der Waals surface area contributed by atoms with E-state index in [0.717, 1.165) is 25.6 Å². The zero-order valence-electron chi connectivity index (χ0n) is 10.5. The van der Waals surface area contributed by atoms with Crippen LogP contribution >= 0.6 is 31.9 Å². The van der Waals surface area contributed by atoms with Crippen molar-refractivity contribution in [2.75, 3.05) is 0 Å². The van der Waals surface area contributed by atoms with Crippen molar-refractivity contribution in [2.45, 2.75) is 0 Å². The minimum atomic E-state index is 0.905. The van der Waals surface area contributed by atoms with Crippen LogP contribution in [0.25, 0.3) is 21.9 Å². The lowest BCUT2D eigenvalue weighted by atomic mass is 9.97. The Balaban J connectivity index is 2.25. The van der Waals surface area contributed by atoms with Gasteiger partial charge in [0.05, 0.1) is 0 Å². The monoisotopic (exact) mass is 384 g/mol. The van der Waals surface area contributed by atoms with Gasteiger partial charge in [0, 0.05) is 14.5 Å². The summed E-state index contributed by atoms with van der Waals surface area (Å²) in [5, 5.41) is 2.41. The summed E-state index contributed by atoms with van der Waals surface area (Å²) in [4.78, 5) is 0. The lowest BCUT2D eigenvalue weighted by Gasteiger charge is -2.08. The molecule has 0 N–H and O–H groups in total. The maximum atomic E-state index is 5.60. The summed E-state index contributed by atoms with van der Waals surface area (Å²) in [5.41, 5.74) is 3.11. The summed E-state index contributed by atoms with van der Waals surface area (Å²) >= 11 is 7.02. The molecule has 0 saturated heterocycles. The van der Waals surface area contributed by atoms with Gasteiger partial charge < -0.3 is 0 Å². The Labute approximate surface area is 135 Å². The smallest absolute Gasteiger partial charge is 0.0321 e. The molecule has 0 unspecified atom stereocenters. The van der Waals surface area contributed by atoms with E-state index in [9.17, 15) is 0 Å². The van der Waals surface area contributed by atoms with Crippen LogP contribution < -0.4 is 0 Å². The quantitative estimate of drug-likeness (QED) is 0.449. The van der Waals surface area contributed by atoms with Gasteiger partial charge in [-0.2, -0.15) is 0 Å². The van der Waals surface area contributed by atoms with Crippen LogP contribution in [0.1, 0.15) is 5.56 Å². The molecule has 20 heavy (non-hydrogen) atoms. The van der Waals surface area contributed by atoms with E-state index in [1.54, 1.807) is 0 Å². The van der Waals surface area contributed by atoms with Crippen molar-refractivity contribution in [3.63, 3.8) is 0 Å². The van der Waals surface area contributed by atoms with Crippen molar-refractivity contribution in [3.05, 3.63) is 69.1 Å². The Morgan fingerprint density at radius 1 is 0.750 bits per heavy atom. The average Bonchev–Trinajstić information content (AvgIpc) is 2.46. The van der Waals surface area contributed by atoms with E-state index in [1.807, 2.05) is 18.2 Å². The number of hydrogen-bond donors (Lipinski definition) is 0. The first-order valence-corrected chi connectivity index (χ1v) is 7.72. The second-order valence-electron chi connectivity index (χ2n) is 4.54. The van der Waals surface area contributed by atoms with Crippen molar-refractivity contribution in [1.29, 1.82) is 0 Å². The van der Waals surface area contributed by atoms with Gasteiger partial charge in [-0.3, -0.25) is 0 Å². The van der Waals surface area contributed by atoms with Gasteiger partial charge >= 0.3 is 0 Å². The first kappa shape index (κ1) is 13.4. The zero-order chi connectivity index (χ0) is 14.1. The van der Waals surface area contributed by atoms with Gasteiger partial charge in [0.25, 0.3) is 0 Å². The van der Waals surface area contributed by atoms with Crippen LogP contribution in [0.2, 0.25) is 0 Å². The van der Waals surface area contributed by atoms with E-state index in [-0.39, 0.29) is 0 Å². The molecule has 0 aromatic heterocycles. The van der Waals surface area contributed by atoms with Crippen LogP contribution in [0.4, 0.5) is 0 Å². The van der Waals surface area contributed by atoms with Crippen LogP contribution in [0.3, 0.4) is 0 Å². The largest absolute Gasteiger partial charge is 0.115 e. The van der Waals surface area contributed by atoms with E-state index >= 15 is 0 Å². The SMILES string of the molecule is C#Cc1ccc(Br)cc1-c1ccc2ccc(Br)cc2c1. The van der Waals surface area contributed by atoms with Gasteiger partial charge in [-0.1, -0.05) is 56.0 Å². The maximum Gasteiger partial charge on any atom is 0.0321 e. The van der Waals surface area contributed by atoms with Crippen LogP contribution in [0, 0.1) is 12.3 Å². The molecule has 0 spiro atoms. The van der Waals surface area contributed by atoms with Crippen molar-refractivity contribution >= 4 is 42.6 Å². The highest BCUT2D eigenvalue weighted by Gasteiger charge is 2.05. The van der Waals surface area contributed by atoms with E-state index in [4.69, 9.17) is 6.42 Å². The number of rotatable bonds is 1. The molecule has 3 aromatic rings. The molecule has 0 saturated carbocycles. The van der Waals surface area contributed by atoms with Crippen LogP contribution in [-0.2, 0) is 0 Å². The third-order valence-corrected chi connectivity index (χ3v) is 4.24. The summed E-state index contributed by atoms with van der Waals surface area (Å²) in [6.45, 7) is 0. The molecule has 0 fully saturated rings. The van der Waals surface area contributed by atoms with Gasteiger partial charge in [-0.05, 0) is 58.3 Å². The maximum absolute atomic E-state index is 5.60. The van der Waals surface area contributed by atoms with Crippen molar-refractivity contribution in [1.82, 2.24) is 0 Å². The van der Waals surface area contributed by atoms with E-state index in [0.29, 0.717) is 0 Å². The Hall–Kier alpha value is -1.56. The number of terminal acetylenes is 1. The van der Waals surface area contributed by atoms with Crippen LogP contribution in [0.15, 0.2) is 63.5 Å². The van der Waals surface area contributed by atoms with Crippen molar-refractivity contribution in [2.24, 2.45) is 0 Å². The first-order valence-electron chi connectivity index (χ1n) is 6.13. The molecule has 2 heteroatoms. The van der Waals surface area contributed by atoms with Gasteiger partial charge in [-0.15, -0.1) is 6.42 Å². The topological polar surface area (TPSA) is 0 Å². The summed E-state index contributed by atoms with van der Waals surface area (Å²) in [7, 11) is 0. The molecular formula is C18H10Br2.